The Labute approximate surface area is 118 Å². The van der Waals surface area contributed by atoms with Crippen molar-refractivity contribution in [2.75, 3.05) is 11.9 Å². The van der Waals surface area contributed by atoms with Gasteiger partial charge < -0.3 is 14.5 Å². The van der Waals surface area contributed by atoms with Crippen molar-refractivity contribution in [2.24, 2.45) is 0 Å². The van der Waals surface area contributed by atoms with E-state index in [0.717, 1.165) is 5.56 Å². The van der Waals surface area contributed by atoms with Gasteiger partial charge in [-0.05, 0) is 35.3 Å². The number of pyridine rings is 1. The third kappa shape index (κ3) is 3.11. The molecule has 0 aliphatic rings. The molecule has 100 valence electrons. The van der Waals surface area contributed by atoms with Crippen molar-refractivity contribution < 1.29 is 13.9 Å². The van der Waals surface area contributed by atoms with Crippen LogP contribution < -0.4 is 10.1 Å². The van der Waals surface area contributed by atoms with Gasteiger partial charge in [-0.3, -0.25) is 9.78 Å². The van der Waals surface area contributed by atoms with Crippen molar-refractivity contribution >= 4 is 27.5 Å². The first-order valence-corrected chi connectivity index (χ1v) is 6.41. The first-order valence-electron chi connectivity index (χ1n) is 5.61. The number of carbonyl (C=O) groups is 1. The van der Waals surface area contributed by atoms with Crippen LogP contribution in [0, 0.1) is 6.92 Å². The highest BCUT2D eigenvalue weighted by Gasteiger charge is 2.15. The molecular weight excluding hydrogens is 314 g/mol. The Morgan fingerprint density at radius 1 is 1.53 bits per heavy atom. The second-order valence-electron chi connectivity index (χ2n) is 3.70. The molecule has 0 spiro atoms. The molecular formula is C12H12BrN3O3. The Balaban J connectivity index is 2.16. The van der Waals surface area contributed by atoms with E-state index in [9.17, 15) is 4.79 Å². The molecule has 2 rings (SSSR count). The summed E-state index contributed by atoms with van der Waals surface area (Å²) in [5.74, 6) is -0.371. The fourth-order valence-corrected chi connectivity index (χ4v) is 1.95. The Morgan fingerprint density at radius 2 is 2.32 bits per heavy atom. The van der Waals surface area contributed by atoms with E-state index in [1.807, 2.05) is 6.92 Å². The monoisotopic (exact) mass is 325 g/mol. The molecule has 7 heteroatoms. The van der Waals surface area contributed by atoms with Crippen LogP contribution >= 0.6 is 15.9 Å². The summed E-state index contributed by atoms with van der Waals surface area (Å²) >= 11 is 3.33. The number of amides is 1. The summed E-state index contributed by atoms with van der Waals surface area (Å²) in [5.41, 5.74) is 1.66. The number of halogens is 1. The van der Waals surface area contributed by atoms with Crippen LogP contribution in [-0.2, 0) is 0 Å². The van der Waals surface area contributed by atoms with E-state index in [4.69, 9.17) is 9.15 Å². The number of carbonyl (C=O) groups excluding carboxylic acids is 1. The fourth-order valence-electron chi connectivity index (χ4n) is 1.42. The van der Waals surface area contributed by atoms with E-state index in [-0.39, 0.29) is 17.7 Å². The van der Waals surface area contributed by atoms with Gasteiger partial charge in [0.05, 0.1) is 16.8 Å². The molecule has 0 bridgehead atoms. The number of aromatic nitrogens is 2. The highest BCUT2D eigenvalue weighted by Crippen LogP contribution is 2.25. The standard InChI is InChI=1S/C12H12BrN3O3/c1-3-18-12-15-9(6-19-12)11(17)16-10-7(2)4-14-5-8(10)13/h4-6H,3H2,1-2H3,(H,14,16,17). The summed E-state index contributed by atoms with van der Waals surface area (Å²) < 4.78 is 10.8. The van der Waals surface area contributed by atoms with Crippen molar-refractivity contribution in [2.45, 2.75) is 13.8 Å². The molecule has 0 atom stereocenters. The minimum absolute atomic E-state index is 0.0816. The largest absolute Gasteiger partial charge is 0.450 e. The van der Waals surface area contributed by atoms with Crippen LogP contribution in [0.3, 0.4) is 0 Å². The lowest BCUT2D eigenvalue weighted by Crippen LogP contribution is -2.13. The number of aryl methyl sites for hydroxylation is 1. The van der Waals surface area contributed by atoms with E-state index in [1.165, 1.54) is 6.26 Å². The highest BCUT2D eigenvalue weighted by atomic mass is 79.9. The molecule has 1 amide bonds. The molecule has 0 unspecified atom stereocenters. The van der Waals surface area contributed by atoms with Crippen molar-refractivity contribution in [1.82, 2.24) is 9.97 Å². The molecule has 2 aromatic rings. The maximum absolute atomic E-state index is 12.0. The molecule has 0 saturated carbocycles. The number of nitrogens with zero attached hydrogens (tertiary/aromatic N) is 2. The third-order valence-electron chi connectivity index (χ3n) is 2.31. The van der Waals surface area contributed by atoms with Crippen molar-refractivity contribution in [1.29, 1.82) is 0 Å². The number of ether oxygens (including phenoxy) is 1. The molecule has 2 heterocycles. The second kappa shape index (κ2) is 5.83. The first-order chi connectivity index (χ1) is 9.11. The smallest absolute Gasteiger partial charge is 0.394 e. The van der Waals surface area contributed by atoms with Gasteiger partial charge in [0.15, 0.2) is 5.69 Å². The lowest BCUT2D eigenvalue weighted by molar-refractivity contribution is 0.102. The molecule has 0 saturated heterocycles. The zero-order valence-corrected chi connectivity index (χ0v) is 12.0. The van der Waals surface area contributed by atoms with Gasteiger partial charge in [-0.15, -0.1) is 0 Å². The van der Waals surface area contributed by atoms with Crippen LogP contribution in [0.1, 0.15) is 23.0 Å². The van der Waals surface area contributed by atoms with Gasteiger partial charge in [0.25, 0.3) is 5.91 Å². The summed E-state index contributed by atoms with van der Waals surface area (Å²) in [6, 6.07) is 0. The minimum atomic E-state index is -0.371. The minimum Gasteiger partial charge on any atom is -0.450 e. The number of anilines is 1. The van der Waals surface area contributed by atoms with Crippen molar-refractivity contribution in [3.05, 3.63) is 34.4 Å². The highest BCUT2D eigenvalue weighted by molar-refractivity contribution is 9.10. The van der Waals surface area contributed by atoms with Crippen LogP contribution in [0.25, 0.3) is 0 Å². The van der Waals surface area contributed by atoms with Crippen molar-refractivity contribution in [3.63, 3.8) is 0 Å². The quantitative estimate of drug-likeness (QED) is 0.935. The summed E-state index contributed by atoms with van der Waals surface area (Å²) in [6.07, 6.45) is 4.61. The summed E-state index contributed by atoms with van der Waals surface area (Å²) in [6.45, 7) is 4.08. The molecule has 2 aromatic heterocycles. The van der Waals surface area contributed by atoms with Crippen LogP contribution in [0.15, 0.2) is 27.5 Å². The SMILES string of the molecule is CCOc1nc(C(=O)Nc2c(C)cncc2Br)co1. The van der Waals surface area contributed by atoms with Gasteiger partial charge in [-0.1, -0.05) is 0 Å². The average molecular weight is 326 g/mol. The first kappa shape index (κ1) is 13.5. The molecule has 0 fully saturated rings. The number of hydrogen-bond acceptors (Lipinski definition) is 5. The van der Waals surface area contributed by atoms with Crippen molar-refractivity contribution in [3.8, 4) is 6.08 Å². The maximum Gasteiger partial charge on any atom is 0.394 e. The summed E-state index contributed by atoms with van der Waals surface area (Å²) in [4.78, 5) is 19.9. The second-order valence-corrected chi connectivity index (χ2v) is 4.55. The van der Waals surface area contributed by atoms with Crippen LogP contribution in [0.4, 0.5) is 5.69 Å². The summed E-state index contributed by atoms with van der Waals surface area (Å²) in [7, 11) is 0. The van der Waals surface area contributed by atoms with Gasteiger partial charge in [-0.2, -0.15) is 4.98 Å². The molecule has 0 aliphatic heterocycles. The topological polar surface area (TPSA) is 77.2 Å². The maximum atomic E-state index is 12.0. The zero-order chi connectivity index (χ0) is 13.8. The van der Waals surface area contributed by atoms with E-state index in [0.29, 0.717) is 16.8 Å². The number of nitrogens with one attached hydrogen (secondary N) is 1. The van der Waals surface area contributed by atoms with E-state index in [1.54, 1.807) is 19.3 Å². The van der Waals surface area contributed by atoms with Crippen LogP contribution in [-0.4, -0.2) is 22.5 Å². The number of hydrogen-bond donors (Lipinski definition) is 1. The lowest BCUT2D eigenvalue weighted by Gasteiger charge is -2.08. The normalized spacial score (nSPS) is 10.3. The van der Waals surface area contributed by atoms with Crippen LogP contribution in [0.2, 0.25) is 0 Å². The van der Waals surface area contributed by atoms with Gasteiger partial charge in [0.1, 0.15) is 6.26 Å². The molecule has 6 nitrogen and oxygen atoms in total. The predicted molar refractivity (Wildman–Crippen MR) is 72.3 cm³/mol. The zero-order valence-electron chi connectivity index (χ0n) is 10.4. The average Bonchev–Trinajstić information content (AvgIpc) is 2.83. The summed E-state index contributed by atoms with van der Waals surface area (Å²) in [5, 5.41) is 2.75. The Hall–Kier alpha value is -1.89. The Bertz CT molecular complexity index is 577. The van der Waals surface area contributed by atoms with Crippen LogP contribution in [0.5, 0.6) is 6.08 Å². The molecule has 1 N–H and O–H groups in total. The lowest BCUT2D eigenvalue weighted by atomic mass is 10.2. The van der Waals surface area contributed by atoms with Gasteiger partial charge in [0, 0.05) is 12.4 Å². The molecule has 0 radical (unpaired) electrons. The molecule has 19 heavy (non-hydrogen) atoms. The van der Waals surface area contributed by atoms with E-state index < -0.39 is 0 Å². The molecule has 0 aromatic carbocycles. The fraction of sp³-hybridized carbons (Fsp3) is 0.250. The Morgan fingerprint density at radius 3 is 3.00 bits per heavy atom. The number of oxazole rings is 1. The predicted octanol–water partition coefficient (Wildman–Crippen LogP) is 2.79. The van der Waals surface area contributed by atoms with Gasteiger partial charge in [-0.25, -0.2) is 0 Å². The van der Waals surface area contributed by atoms with E-state index in [2.05, 4.69) is 31.2 Å². The third-order valence-corrected chi connectivity index (χ3v) is 2.91. The number of rotatable bonds is 4. The molecule has 0 aliphatic carbocycles. The van der Waals surface area contributed by atoms with Gasteiger partial charge in [0.2, 0.25) is 0 Å². The van der Waals surface area contributed by atoms with E-state index >= 15 is 0 Å². The van der Waals surface area contributed by atoms with Gasteiger partial charge >= 0.3 is 6.08 Å². The Kier molecular flexibility index (Phi) is 4.16.